The zero-order chi connectivity index (χ0) is 12.0. The quantitative estimate of drug-likeness (QED) is 0.239. The van der Waals surface area contributed by atoms with Crippen molar-refractivity contribution in [1.29, 1.82) is 0 Å². The van der Waals surface area contributed by atoms with E-state index in [0.29, 0.717) is 0 Å². The molecule has 1 saturated carbocycles. The molecule has 1 aliphatic carbocycles. The first kappa shape index (κ1) is 12.6. The summed E-state index contributed by atoms with van der Waals surface area (Å²) >= 11 is 0. The molecule has 0 aromatic carbocycles. The maximum Gasteiger partial charge on any atom is 0.340 e. The molecule has 0 aliphatic heterocycles. The van der Waals surface area contributed by atoms with Gasteiger partial charge in [0.15, 0.2) is 0 Å². The summed E-state index contributed by atoms with van der Waals surface area (Å²) in [5.74, 6) is 1.24. The van der Waals surface area contributed by atoms with Gasteiger partial charge in [-0.2, -0.15) is 0 Å². The van der Waals surface area contributed by atoms with Crippen LogP contribution in [0.4, 0.5) is 0 Å². The number of hydrogen-bond acceptors (Lipinski definition) is 3. The van der Waals surface area contributed by atoms with Crippen molar-refractivity contribution in [1.82, 2.24) is 0 Å². The lowest BCUT2D eigenvalue weighted by atomic mass is 9.97. The van der Waals surface area contributed by atoms with Crippen LogP contribution in [0.15, 0.2) is 16.9 Å². The van der Waals surface area contributed by atoms with Gasteiger partial charge in [-0.3, -0.25) is 0 Å². The summed E-state index contributed by atoms with van der Waals surface area (Å²) in [5.41, 5.74) is 8.33. The van der Waals surface area contributed by atoms with Gasteiger partial charge in [-0.05, 0) is 37.6 Å². The van der Waals surface area contributed by atoms with Crippen molar-refractivity contribution in [3.8, 4) is 0 Å². The lowest BCUT2D eigenvalue weighted by Gasteiger charge is -2.09. The van der Waals surface area contributed by atoms with Gasteiger partial charge >= 0.3 is 5.97 Å². The summed E-state index contributed by atoms with van der Waals surface area (Å²) in [6.45, 7) is 3.85. The third-order valence-electron chi connectivity index (χ3n) is 2.01. The summed E-state index contributed by atoms with van der Waals surface area (Å²) < 4.78 is 4.77. The van der Waals surface area contributed by atoms with Crippen LogP contribution in [0, 0.1) is 31.1 Å². The van der Waals surface area contributed by atoms with Crippen LogP contribution in [0.3, 0.4) is 0 Å². The first-order valence-corrected chi connectivity index (χ1v) is 4.85. The van der Waals surface area contributed by atoms with Crippen molar-refractivity contribution >= 4 is 5.97 Å². The molecule has 0 spiro atoms. The Morgan fingerprint density at radius 3 is 2.88 bits per heavy atom. The van der Waals surface area contributed by atoms with E-state index >= 15 is 0 Å². The molecular formula is C11H12N3O2. The number of azide groups is 1. The first-order valence-electron chi connectivity index (χ1n) is 4.85. The van der Waals surface area contributed by atoms with E-state index in [1.807, 2.05) is 26.2 Å². The van der Waals surface area contributed by atoms with E-state index in [9.17, 15) is 4.79 Å². The molecule has 0 atom stereocenters. The fourth-order valence-electron chi connectivity index (χ4n) is 1.21. The minimum atomic E-state index is -0.610. The molecule has 0 unspecified atom stereocenters. The lowest BCUT2D eigenvalue weighted by Crippen LogP contribution is -2.08. The molecule has 0 heterocycles. The SMILES string of the molecule is CCOC(=O)/C(=C/[C]1[CH][CH][CH][C]1C)N=[N+]=[N-]. The average molecular weight is 218 g/mol. The van der Waals surface area contributed by atoms with Crippen LogP contribution in [0.1, 0.15) is 13.8 Å². The molecule has 0 amide bonds. The van der Waals surface area contributed by atoms with Gasteiger partial charge in [0.2, 0.25) is 0 Å². The number of rotatable bonds is 4. The molecule has 0 N–H and O–H groups in total. The van der Waals surface area contributed by atoms with Crippen molar-refractivity contribution in [2.75, 3.05) is 6.61 Å². The highest BCUT2D eigenvalue weighted by molar-refractivity contribution is 5.88. The Morgan fingerprint density at radius 2 is 2.38 bits per heavy atom. The number of esters is 1. The zero-order valence-corrected chi connectivity index (χ0v) is 9.17. The zero-order valence-electron chi connectivity index (χ0n) is 9.17. The van der Waals surface area contributed by atoms with E-state index in [1.54, 1.807) is 6.92 Å². The molecule has 16 heavy (non-hydrogen) atoms. The molecule has 1 rings (SSSR count). The molecule has 5 heteroatoms. The Kier molecular flexibility index (Phi) is 4.86. The van der Waals surface area contributed by atoms with Crippen LogP contribution in [0.2, 0.25) is 0 Å². The van der Waals surface area contributed by atoms with Gasteiger partial charge in [0, 0.05) is 10.8 Å². The van der Waals surface area contributed by atoms with Gasteiger partial charge in [-0.15, -0.1) is 0 Å². The average Bonchev–Trinajstić information content (AvgIpc) is 2.64. The number of ether oxygens (including phenoxy) is 1. The summed E-state index contributed by atoms with van der Waals surface area (Å²) in [6.07, 6.45) is 7.12. The molecule has 0 bridgehead atoms. The van der Waals surface area contributed by atoms with Crippen molar-refractivity contribution < 1.29 is 9.53 Å². The predicted molar refractivity (Wildman–Crippen MR) is 58.9 cm³/mol. The third-order valence-corrected chi connectivity index (χ3v) is 2.01. The van der Waals surface area contributed by atoms with Crippen molar-refractivity contribution in [3.05, 3.63) is 53.3 Å². The minimum absolute atomic E-state index is 0.0290. The molecular weight excluding hydrogens is 206 g/mol. The van der Waals surface area contributed by atoms with Gasteiger partial charge < -0.3 is 4.74 Å². The van der Waals surface area contributed by atoms with E-state index < -0.39 is 5.97 Å². The van der Waals surface area contributed by atoms with Gasteiger partial charge in [0.1, 0.15) is 5.70 Å². The molecule has 5 nitrogen and oxygen atoms in total. The Balaban J connectivity index is 2.79. The van der Waals surface area contributed by atoms with E-state index in [0.717, 1.165) is 11.8 Å². The summed E-state index contributed by atoms with van der Waals surface area (Å²) in [5, 5.41) is 3.33. The Morgan fingerprint density at radius 1 is 1.62 bits per heavy atom. The smallest absolute Gasteiger partial charge is 0.340 e. The largest absolute Gasteiger partial charge is 0.462 e. The molecule has 0 aromatic rings. The van der Waals surface area contributed by atoms with Crippen molar-refractivity contribution in [2.45, 2.75) is 13.8 Å². The summed E-state index contributed by atoms with van der Waals surface area (Å²) in [6, 6.07) is 0. The predicted octanol–water partition coefficient (Wildman–Crippen LogP) is 2.54. The number of carbonyl (C=O) groups is 1. The number of allylic oxidation sites excluding steroid dienone is 1. The number of carbonyl (C=O) groups excluding carboxylic acids is 1. The number of nitrogens with zero attached hydrogens (tertiary/aromatic N) is 3. The Bertz CT molecular complexity index is 332. The van der Waals surface area contributed by atoms with Crippen molar-refractivity contribution in [3.63, 3.8) is 0 Å². The van der Waals surface area contributed by atoms with Crippen LogP contribution in [-0.2, 0) is 9.53 Å². The Labute approximate surface area is 95.1 Å². The summed E-state index contributed by atoms with van der Waals surface area (Å²) in [7, 11) is 0. The highest BCUT2D eigenvalue weighted by Gasteiger charge is 2.25. The number of hydrogen-bond donors (Lipinski definition) is 0. The minimum Gasteiger partial charge on any atom is -0.462 e. The van der Waals surface area contributed by atoms with E-state index in [1.165, 1.54) is 6.08 Å². The molecule has 1 fully saturated rings. The van der Waals surface area contributed by atoms with Gasteiger partial charge in [0.05, 0.1) is 6.61 Å². The normalized spacial score (nSPS) is 18.2. The highest BCUT2D eigenvalue weighted by atomic mass is 16.5. The maximum atomic E-state index is 11.4. The van der Waals surface area contributed by atoms with Crippen molar-refractivity contribution in [2.24, 2.45) is 5.11 Å². The van der Waals surface area contributed by atoms with E-state index in [-0.39, 0.29) is 12.3 Å². The fourth-order valence-corrected chi connectivity index (χ4v) is 1.21. The van der Waals surface area contributed by atoms with Crippen LogP contribution in [0.25, 0.3) is 10.4 Å². The van der Waals surface area contributed by atoms with Crippen LogP contribution in [0.5, 0.6) is 0 Å². The highest BCUT2D eigenvalue weighted by Crippen LogP contribution is 2.34. The van der Waals surface area contributed by atoms with Gasteiger partial charge in [0.25, 0.3) is 0 Å². The third kappa shape index (κ3) is 3.28. The van der Waals surface area contributed by atoms with Gasteiger partial charge in [-0.1, -0.05) is 18.1 Å². The van der Waals surface area contributed by atoms with E-state index in [4.69, 9.17) is 10.3 Å². The summed E-state index contributed by atoms with van der Waals surface area (Å²) in [4.78, 5) is 14.0. The lowest BCUT2D eigenvalue weighted by molar-refractivity contribution is -0.138. The molecule has 83 valence electrons. The monoisotopic (exact) mass is 218 g/mol. The van der Waals surface area contributed by atoms with Crippen LogP contribution in [-0.4, -0.2) is 12.6 Å². The first-order chi connectivity index (χ1) is 7.69. The van der Waals surface area contributed by atoms with E-state index in [2.05, 4.69) is 10.0 Å². The van der Waals surface area contributed by atoms with Crippen LogP contribution < -0.4 is 0 Å². The fraction of sp³-hybridized carbons (Fsp3) is 0.273. The van der Waals surface area contributed by atoms with Crippen LogP contribution >= 0.6 is 0 Å². The standard InChI is InChI=1S/C11H12N3O2/c1-3-16-11(15)10(13-14-12)7-9-6-4-5-8(9)2/h4-7H,3H2,1-2H3/b10-7-. The molecule has 5 radical (unpaired) electrons. The second kappa shape index (κ2) is 6.18. The Hall–Kier alpha value is -1.48. The molecule has 1 aliphatic rings. The van der Waals surface area contributed by atoms with Gasteiger partial charge in [-0.25, -0.2) is 4.79 Å². The maximum absolute atomic E-state index is 11.4. The second-order valence-corrected chi connectivity index (χ2v) is 3.10. The topological polar surface area (TPSA) is 75.1 Å². The molecule has 0 saturated heterocycles. The second-order valence-electron chi connectivity index (χ2n) is 3.10. The molecule has 0 aromatic heterocycles.